The minimum atomic E-state index is -0.526. The van der Waals surface area contributed by atoms with E-state index in [-0.39, 0.29) is 12.1 Å². The van der Waals surface area contributed by atoms with E-state index in [1.54, 1.807) is 4.90 Å². The normalized spacial score (nSPS) is 25.1. The maximum atomic E-state index is 12.4. The molecule has 6 heteroatoms. The van der Waals surface area contributed by atoms with Crippen LogP contribution in [0.5, 0.6) is 0 Å². The van der Waals surface area contributed by atoms with Crippen molar-refractivity contribution in [3.63, 3.8) is 0 Å². The average molecular weight is 403 g/mol. The lowest BCUT2D eigenvalue weighted by molar-refractivity contribution is -0.164. The van der Waals surface area contributed by atoms with Crippen molar-refractivity contribution in [1.29, 1.82) is 0 Å². The Morgan fingerprint density at radius 3 is 2.48 bits per heavy atom. The first-order valence-electron chi connectivity index (χ1n) is 10.6. The Balaban J connectivity index is 0.000000246. The zero-order valence-corrected chi connectivity index (χ0v) is 18.1. The van der Waals surface area contributed by atoms with Crippen molar-refractivity contribution < 1.29 is 19.1 Å². The van der Waals surface area contributed by atoms with Gasteiger partial charge in [0, 0.05) is 25.3 Å². The van der Waals surface area contributed by atoms with Gasteiger partial charge in [0.15, 0.2) is 0 Å². The van der Waals surface area contributed by atoms with Gasteiger partial charge >= 0.3 is 12.1 Å². The monoisotopic (exact) mass is 402 g/mol. The molecule has 2 atom stereocenters. The Hall–Kier alpha value is -2.24. The lowest BCUT2D eigenvalue weighted by Gasteiger charge is -2.48. The highest BCUT2D eigenvalue weighted by Gasteiger charge is 2.52. The molecule has 2 aliphatic heterocycles. The van der Waals surface area contributed by atoms with Crippen LogP contribution in [0.15, 0.2) is 24.3 Å². The molecule has 3 aliphatic rings. The fourth-order valence-corrected chi connectivity index (χ4v) is 4.62. The van der Waals surface area contributed by atoms with E-state index in [0.29, 0.717) is 19.0 Å². The number of hydrogen-bond donors (Lipinski definition) is 1. The van der Waals surface area contributed by atoms with Crippen molar-refractivity contribution in [2.75, 3.05) is 25.5 Å². The third-order valence-corrected chi connectivity index (χ3v) is 6.16. The Morgan fingerprint density at radius 1 is 1.17 bits per heavy atom. The molecule has 0 spiro atoms. The van der Waals surface area contributed by atoms with E-state index in [2.05, 4.69) is 23.5 Å². The molecule has 0 bridgehead atoms. The molecule has 160 valence electrons. The molecule has 1 amide bonds. The van der Waals surface area contributed by atoms with Gasteiger partial charge in [-0.05, 0) is 57.6 Å². The number of benzene rings is 1. The number of carbonyl (C=O) groups is 2. The number of piperidine rings is 1. The van der Waals surface area contributed by atoms with Crippen molar-refractivity contribution in [3.05, 3.63) is 29.8 Å². The van der Waals surface area contributed by atoms with Gasteiger partial charge in [-0.2, -0.15) is 0 Å². The smallest absolute Gasteiger partial charge is 0.410 e. The number of fused-ring (bicyclic) bond motifs is 2. The second-order valence-electron chi connectivity index (χ2n) is 9.29. The molecule has 1 saturated heterocycles. The Bertz CT molecular complexity index is 720. The number of methoxy groups -OCH3 is 1. The van der Waals surface area contributed by atoms with Crippen LogP contribution in [0.2, 0.25) is 0 Å². The first-order valence-corrected chi connectivity index (χ1v) is 10.6. The molecule has 29 heavy (non-hydrogen) atoms. The average Bonchev–Trinajstić information content (AvgIpc) is 2.67. The summed E-state index contributed by atoms with van der Waals surface area (Å²) in [5, 5.41) is 3.19. The van der Waals surface area contributed by atoms with Crippen LogP contribution in [-0.2, 0) is 20.8 Å². The second-order valence-corrected chi connectivity index (χ2v) is 9.29. The number of hydrogen-bond acceptors (Lipinski definition) is 5. The topological polar surface area (TPSA) is 67.9 Å². The van der Waals surface area contributed by atoms with Crippen molar-refractivity contribution in [1.82, 2.24) is 4.90 Å². The largest absolute Gasteiger partial charge is 0.469 e. The molecule has 1 saturated carbocycles. The summed E-state index contributed by atoms with van der Waals surface area (Å²) in [6, 6.07) is 8.36. The second kappa shape index (κ2) is 8.64. The van der Waals surface area contributed by atoms with Crippen LogP contribution < -0.4 is 5.32 Å². The van der Waals surface area contributed by atoms with E-state index in [0.717, 1.165) is 38.6 Å². The number of likely N-dealkylation sites (tertiary alicyclic amines) is 1. The molecule has 1 aromatic carbocycles. The van der Waals surface area contributed by atoms with Crippen LogP contribution in [0.1, 0.15) is 58.4 Å². The quantitative estimate of drug-likeness (QED) is 0.696. The van der Waals surface area contributed by atoms with E-state index in [1.165, 1.54) is 18.4 Å². The van der Waals surface area contributed by atoms with Crippen LogP contribution in [0.3, 0.4) is 0 Å². The van der Waals surface area contributed by atoms with Gasteiger partial charge in [0.2, 0.25) is 0 Å². The number of anilines is 1. The van der Waals surface area contributed by atoms with Gasteiger partial charge in [-0.15, -0.1) is 0 Å². The van der Waals surface area contributed by atoms with Crippen molar-refractivity contribution >= 4 is 17.7 Å². The lowest BCUT2D eigenvalue weighted by Crippen LogP contribution is -2.56. The number of nitrogens with zero attached hydrogens (tertiary/aromatic N) is 1. The summed E-state index contributed by atoms with van der Waals surface area (Å²) >= 11 is 0. The minimum absolute atomic E-state index is 0.166. The minimum Gasteiger partial charge on any atom is -0.469 e. The molecular weight excluding hydrogens is 368 g/mol. The van der Waals surface area contributed by atoms with Gasteiger partial charge in [0.1, 0.15) is 5.60 Å². The van der Waals surface area contributed by atoms with Crippen LogP contribution in [0.4, 0.5) is 10.5 Å². The molecule has 1 N–H and O–H groups in total. The summed E-state index contributed by atoms with van der Waals surface area (Å²) in [6.45, 7) is 7.71. The maximum Gasteiger partial charge on any atom is 0.410 e. The summed E-state index contributed by atoms with van der Waals surface area (Å²) in [5.74, 6) is 0.165. The highest BCUT2D eigenvalue weighted by atomic mass is 16.6. The van der Waals surface area contributed by atoms with Crippen molar-refractivity contribution in [3.8, 4) is 0 Å². The highest BCUT2D eigenvalue weighted by Crippen LogP contribution is 2.47. The molecule has 1 aromatic rings. The Labute approximate surface area is 173 Å². The molecular formula is C23H34N2O4. The zero-order valence-electron chi connectivity index (χ0n) is 18.1. The van der Waals surface area contributed by atoms with Gasteiger partial charge in [-0.25, -0.2) is 4.79 Å². The Morgan fingerprint density at radius 2 is 1.93 bits per heavy atom. The van der Waals surface area contributed by atoms with Crippen molar-refractivity contribution in [2.45, 2.75) is 65.0 Å². The first kappa shape index (κ1) is 21.5. The van der Waals surface area contributed by atoms with E-state index >= 15 is 0 Å². The number of carbonyl (C=O) groups excluding carboxylic acids is 2. The summed E-state index contributed by atoms with van der Waals surface area (Å²) < 4.78 is 10.5. The lowest BCUT2D eigenvalue weighted by atomic mass is 9.63. The molecule has 2 fully saturated rings. The molecule has 0 unspecified atom stereocenters. The van der Waals surface area contributed by atoms with Crippen molar-refractivity contribution in [2.24, 2.45) is 11.3 Å². The SMILES string of the molecule is COC(=O)[C@]12CCCC[C@H]1CCN(C(=O)OC(C)(C)C)C2.c1ccc2c(c1)CN2. The van der Waals surface area contributed by atoms with Gasteiger partial charge in [0.05, 0.1) is 12.5 Å². The molecule has 0 radical (unpaired) electrons. The predicted molar refractivity (Wildman–Crippen MR) is 113 cm³/mol. The zero-order chi connectivity index (χ0) is 21.1. The molecule has 4 rings (SSSR count). The van der Waals surface area contributed by atoms with Crippen LogP contribution in [-0.4, -0.2) is 42.8 Å². The van der Waals surface area contributed by atoms with E-state index in [4.69, 9.17) is 9.47 Å². The van der Waals surface area contributed by atoms with E-state index in [1.807, 2.05) is 26.8 Å². The number of para-hydroxylation sites is 1. The summed E-state index contributed by atoms with van der Waals surface area (Å²) in [5.41, 5.74) is 1.70. The number of ether oxygens (including phenoxy) is 2. The standard InChI is InChI=1S/C16H27NO4.C7H7N/c1-15(2,3)21-14(19)17-10-8-12-7-5-6-9-16(12,11-17)13(18)20-4;1-2-4-7-6(3-1)5-8-7/h12H,5-11H2,1-4H3;1-4,8H,5H2/t12-,16-;/m0./s1. The van der Waals surface area contributed by atoms with Crippen LogP contribution in [0, 0.1) is 11.3 Å². The van der Waals surface area contributed by atoms with Crippen LogP contribution in [0.25, 0.3) is 0 Å². The van der Waals surface area contributed by atoms with E-state index < -0.39 is 11.0 Å². The molecule has 2 heterocycles. The van der Waals surface area contributed by atoms with Gasteiger partial charge in [-0.1, -0.05) is 31.0 Å². The number of rotatable bonds is 1. The summed E-state index contributed by atoms with van der Waals surface area (Å²) in [7, 11) is 1.44. The molecule has 0 aromatic heterocycles. The summed E-state index contributed by atoms with van der Waals surface area (Å²) in [4.78, 5) is 26.4. The first-order chi connectivity index (χ1) is 13.7. The number of nitrogens with one attached hydrogen (secondary N) is 1. The third kappa shape index (κ3) is 4.85. The molecule has 1 aliphatic carbocycles. The Kier molecular flexibility index (Phi) is 6.39. The fourth-order valence-electron chi connectivity index (χ4n) is 4.62. The van der Waals surface area contributed by atoms with Gasteiger partial charge in [-0.3, -0.25) is 4.79 Å². The number of esters is 1. The van der Waals surface area contributed by atoms with E-state index in [9.17, 15) is 9.59 Å². The maximum absolute atomic E-state index is 12.4. The number of amides is 1. The third-order valence-electron chi connectivity index (χ3n) is 6.16. The summed E-state index contributed by atoms with van der Waals surface area (Å²) in [6.07, 6.45) is 4.58. The fraction of sp³-hybridized carbons (Fsp3) is 0.652. The predicted octanol–water partition coefficient (Wildman–Crippen LogP) is 4.59. The van der Waals surface area contributed by atoms with Gasteiger partial charge in [0.25, 0.3) is 0 Å². The van der Waals surface area contributed by atoms with Gasteiger partial charge < -0.3 is 19.7 Å². The molecule has 6 nitrogen and oxygen atoms in total. The van der Waals surface area contributed by atoms with Crippen LogP contribution >= 0.6 is 0 Å². The highest BCUT2D eigenvalue weighted by molar-refractivity contribution is 5.79.